The fourth-order valence-electron chi connectivity index (χ4n) is 2.26. The highest BCUT2D eigenvalue weighted by molar-refractivity contribution is 6.06. The van der Waals surface area contributed by atoms with E-state index in [1.165, 1.54) is 0 Å². The molecule has 0 aliphatic carbocycles. The highest BCUT2D eigenvalue weighted by Crippen LogP contribution is 2.18. The summed E-state index contributed by atoms with van der Waals surface area (Å²) in [6.07, 6.45) is 3.56. The molecule has 0 saturated heterocycles. The van der Waals surface area contributed by atoms with E-state index in [1.54, 1.807) is 6.20 Å². The molecule has 0 aliphatic heterocycles. The lowest BCUT2D eigenvalue weighted by atomic mass is 10.1. The zero-order valence-electron chi connectivity index (χ0n) is 11.1. The molecule has 4 nitrogen and oxygen atoms in total. The number of aromatic amines is 1. The number of fused-ring (bicyclic) bond motifs is 1. The molecule has 1 atom stereocenters. The van der Waals surface area contributed by atoms with E-state index in [0.29, 0.717) is 5.56 Å². The smallest absolute Gasteiger partial charge is 0.252 e. The van der Waals surface area contributed by atoms with Crippen molar-refractivity contribution < 1.29 is 4.79 Å². The van der Waals surface area contributed by atoms with Gasteiger partial charge in [-0.2, -0.15) is 0 Å². The summed E-state index contributed by atoms with van der Waals surface area (Å²) in [7, 11) is 0. The number of rotatable bonds is 3. The first-order chi connectivity index (χ1) is 9.75. The Labute approximate surface area is 116 Å². The van der Waals surface area contributed by atoms with Gasteiger partial charge in [0.05, 0.1) is 11.7 Å². The van der Waals surface area contributed by atoms with Gasteiger partial charge in [-0.05, 0) is 37.3 Å². The van der Waals surface area contributed by atoms with Crippen molar-refractivity contribution in [2.24, 2.45) is 0 Å². The fraction of sp³-hybridized carbons (Fsp3) is 0.125. The molecule has 2 aromatic heterocycles. The molecule has 0 radical (unpaired) electrons. The maximum Gasteiger partial charge on any atom is 0.252 e. The summed E-state index contributed by atoms with van der Waals surface area (Å²) in [5, 5.41) is 3.91. The topological polar surface area (TPSA) is 57.8 Å². The Morgan fingerprint density at radius 3 is 2.90 bits per heavy atom. The summed E-state index contributed by atoms with van der Waals surface area (Å²) in [6, 6.07) is 13.1. The number of H-pyrrole nitrogens is 1. The third kappa shape index (κ3) is 2.28. The third-order valence-corrected chi connectivity index (χ3v) is 3.32. The first kappa shape index (κ1) is 12.4. The molecule has 0 fully saturated rings. The number of pyridine rings is 1. The third-order valence-electron chi connectivity index (χ3n) is 3.32. The minimum absolute atomic E-state index is 0.0895. The molecule has 20 heavy (non-hydrogen) atoms. The molecule has 3 rings (SSSR count). The van der Waals surface area contributed by atoms with Crippen molar-refractivity contribution in [3.05, 3.63) is 66.1 Å². The van der Waals surface area contributed by atoms with Crippen LogP contribution in [-0.2, 0) is 0 Å². The number of hydrogen-bond acceptors (Lipinski definition) is 2. The van der Waals surface area contributed by atoms with Gasteiger partial charge >= 0.3 is 0 Å². The van der Waals surface area contributed by atoms with Crippen LogP contribution in [0.2, 0.25) is 0 Å². The Morgan fingerprint density at radius 2 is 2.10 bits per heavy atom. The van der Waals surface area contributed by atoms with Crippen LogP contribution in [0.15, 0.2) is 54.9 Å². The quantitative estimate of drug-likeness (QED) is 0.764. The Bertz CT molecular complexity index is 734. The number of nitrogens with one attached hydrogen (secondary N) is 2. The average Bonchev–Trinajstić information content (AvgIpc) is 2.96. The SMILES string of the molecule is CC(NC(=O)c1cccc2[nH]ccc12)c1ccccn1. The highest BCUT2D eigenvalue weighted by Gasteiger charge is 2.14. The predicted octanol–water partition coefficient (Wildman–Crippen LogP) is 3.05. The zero-order valence-corrected chi connectivity index (χ0v) is 11.1. The van der Waals surface area contributed by atoms with E-state index < -0.39 is 0 Å². The molecule has 0 bridgehead atoms. The lowest BCUT2D eigenvalue weighted by molar-refractivity contribution is 0.0941. The van der Waals surface area contributed by atoms with Crippen LogP contribution in [0.3, 0.4) is 0 Å². The molecule has 2 N–H and O–H groups in total. The van der Waals surface area contributed by atoms with Crippen molar-refractivity contribution in [2.45, 2.75) is 13.0 Å². The Hall–Kier alpha value is -2.62. The normalized spacial score (nSPS) is 12.2. The minimum Gasteiger partial charge on any atom is -0.361 e. The number of nitrogens with zero attached hydrogens (tertiary/aromatic N) is 1. The largest absolute Gasteiger partial charge is 0.361 e. The molecule has 0 aliphatic rings. The first-order valence-corrected chi connectivity index (χ1v) is 6.53. The predicted molar refractivity (Wildman–Crippen MR) is 78.4 cm³/mol. The van der Waals surface area contributed by atoms with Crippen LogP contribution in [0.4, 0.5) is 0 Å². The lowest BCUT2D eigenvalue weighted by Gasteiger charge is -2.13. The lowest BCUT2D eigenvalue weighted by Crippen LogP contribution is -2.27. The standard InChI is InChI=1S/C16H15N3O/c1-11(14-6-2-3-9-17-14)19-16(20)13-5-4-7-15-12(13)8-10-18-15/h2-11,18H,1H3,(H,19,20). The number of carbonyl (C=O) groups excluding carboxylic acids is 1. The van der Waals surface area contributed by atoms with Crippen LogP contribution in [0.1, 0.15) is 29.0 Å². The number of carbonyl (C=O) groups is 1. The van der Waals surface area contributed by atoms with Crippen LogP contribution in [0.5, 0.6) is 0 Å². The zero-order chi connectivity index (χ0) is 13.9. The van der Waals surface area contributed by atoms with E-state index >= 15 is 0 Å². The van der Waals surface area contributed by atoms with Crippen molar-refractivity contribution >= 4 is 16.8 Å². The van der Waals surface area contributed by atoms with Gasteiger partial charge in [0.25, 0.3) is 5.91 Å². The minimum atomic E-state index is -0.127. The maximum absolute atomic E-state index is 12.4. The summed E-state index contributed by atoms with van der Waals surface area (Å²) in [4.78, 5) is 19.8. The second-order valence-corrected chi connectivity index (χ2v) is 4.69. The second kappa shape index (κ2) is 5.17. The van der Waals surface area contributed by atoms with E-state index in [9.17, 15) is 4.79 Å². The molecule has 2 heterocycles. The number of aromatic nitrogens is 2. The Kier molecular flexibility index (Phi) is 3.21. The van der Waals surface area contributed by atoms with Crippen molar-refractivity contribution in [1.29, 1.82) is 0 Å². The van der Waals surface area contributed by atoms with E-state index in [0.717, 1.165) is 16.6 Å². The van der Waals surface area contributed by atoms with Crippen molar-refractivity contribution in [1.82, 2.24) is 15.3 Å². The van der Waals surface area contributed by atoms with Gasteiger partial charge in [0.1, 0.15) is 0 Å². The molecular formula is C16H15N3O. The molecule has 100 valence electrons. The highest BCUT2D eigenvalue weighted by atomic mass is 16.1. The molecule has 3 aromatic rings. The molecule has 1 unspecified atom stereocenters. The summed E-state index contributed by atoms with van der Waals surface area (Å²) in [5.74, 6) is -0.0895. The summed E-state index contributed by atoms with van der Waals surface area (Å²) in [5.41, 5.74) is 2.48. The molecule has 0 spiro atoms. The van der Waals surface area contributed by atoms with Crippen molar-refractivity contribution in [3.8, 4) is 0 Å². The summed E-state index contributed by atoms with van der Waals surface area (Å²) in [6.45, 7) is 1.93. The Morgan fingerprint density at radius 1 is 1.20 bits per heavy atom. The first-order valence-electron chi connectivity index (χ1n) is 6.53. The van der Waals surface area contributed by atoms with Gasteiger partial charge in [-0.15, -0.1) is 0 Å². The van der Waals surface area contributed by atoms with Gasteiger partial charge in [-0.1, -0.05) is 12.1 Å². The van der Waals surface area contributed by atoms with Gasteiger partial charge in [0, 0.05) is 28.9 Å². The van der Waals surface area contributed by atoms with E-state index in [2.05, 4.69) is 15.3 Å². The molecule has 1 amide bonds. The number of amides is 1. The Balaban J connectivity index is 1.85. The number of benzene rings is 1. The fourth-order valence-corrected chi connectivity index (χ4v) is 2.26. The van der Waals surface area contributed by atoms with Crippen LogP contribution in [0.25, 0.3) is 10.9 Å². The van der Waals surface area contributed by atoms with Crippen LogP contribution in [0, 0.1) is 0 Å². The van der Waals surface area contributed by atoms with Crippen molar-refractivity contribution in [3.63, 3.8) is 0 Å². The average molecular weight is 265 g/mol. The van der Waals surface area contributed by atoms with Crippen LogP contribution < -0.4 is 5.32 Å². The number of hydrogen-bond donors (Lipinski definition) is 2. The maximum atomic E-state index is 12.4. The van der Waals surface area contributed by atoms with Gasteiger partial charge in [0.15, 0.2) is 0 Å². The summed E-state index contributed by atoms with van der Waals surface area (Å²) < 4.78 is 0. The van der Waals surface area contributed by atoms with Crippen LogP contribution >= 0.6 is 0 Å². The van der Waals surface area contributed by atoms with E-state index in [1.807, 2.05) is 55.6 Å². The monoisotopic (exact) mass is 265 g/mol. The van der Waals surface area contributed by atoms with Gasteiger partial charge < -0.3 is 10.3 Å². The van der Waals surface area contributed by atoms with Gasteiger partial charge in [-0.25, -0.2) is 0 Å². The van der Waals surface area contributed by atoms with Crippen LogP contribution in [-0.4, -0.2) is 15.9 Å². The van der Waals surface area contributed by atoms with Crippen molar-refractivity contribution in [2.75, 3.05) is 0 Å². The summed E-state index contributed by atoms with van der Waals surface area (Å²) >= 11 is 0. The second-order valence-electron chi connectivity index (χ2n) is 4.69. The molecular weight excluding hydrogens is 250 g/mol. The molecule has 1 aromatic carbocycles. The van der Waals surface area contributed by atoms with E-state index in [4.69, 9.17) is 0 Å². The molecule has 4 heteroatoms. The molecule has 0 saturated carbocycles. The van der Waals surface area contributed by atoms with Gasteiger partial charge in [0.2, 0.25) is 0 Å². The van der Waals surface area contributed by atoms with Gasteiger partial charge in [-0.3, -0.25) is 9.78 Å². The van der Waals surface area contributed by atoms with E-state index in [-0.39, 0.29) is 11.9 Å².